The molecular weight excluding hydrogens is 192 g/mol. The highest BCUT2D eigenvalue weighted by atomic mass is 28.4. The van der Waals surface area contributed by atoms with Gasteiger partial charge in [0.15, 0.2) is 0 Å². The van der Waals surface area contributed by atoms with Crippen molar-refractivity contribution in [2.45, 2.75) is 31.2 Å². The van der Waals surface area contributed by atoms with Crippen molar-refractivity contribution in [1.82, 2.24) is 0 Å². The third-order valence-electron chi connectivity index (χ3n) is 2.42. The van der Waals surface area contributed by atoms with Gasteiger partial charge >= 0.3 is 9.28 Å². The summed E-state index contributed by atoms with van der Waals surface area (Å²) in [7, 11) is -2.33. The van der Waals surface area contributed by atoms with Crippen molar-refractivity contribution in [2.75, 3.05) is 0 Å². The fourth-order valence-electron chi connectivity index (χ4n) is 1.81. The Labute approximate surface area is 73.4 Å². The van der Waals surface area contributed by atoms with E-state index in [4.69, 9.17) is 12.3 Å². The summed E-state index contributed by atoms with van der Waals surface area (Å²) >= 11 is 0. The van der Waals surface area contributed by atoms with Crippen molar-refractivity contribution in [2.24, 2.45) is 0 Å². The minimum Gasteiger partial charge on any atom is -0.425 e. The highest BCUT2D eigenvalue weighted by Crippen LogP contribution is 2.33. The van der Waals surface area contributed by atoms with Crippen LogP contribution < -0.4 is 0 Å². The topological polar surface area (TPSA) is 27.7 Å². The van der Waals surface area contributed by atoms with Crippen LogP contribution in [0.15, 0.2) is 0 Å². The average Bonchev–Trinajstić information content (AvgIpc) is 2.58. The lowest BCUT2D eigenvalue weighted by atomic mass is 10.4. The zero-order valence-electron chi connectivity index (χ0n) is 6.62. The van der Waals surface area contributed by atoms with Crippen LogP contribution in [-0.4, -0.2) is 29.3 Å². The van der Waals surface area contributed by atoms with Gasteiger partial charge in [0.1, 0.15) is 0 Å². The van der Waals surface area contributed by atoms with Crippen molar-refractivity contribution >= 4 is 29.3 Å². The van der Waals surface area contributed by atoms with Gasteiger partial charge in [-0.05, 0) is 18.4 Å². The second kappa shape index (κ2) is 3.97. The van der Waals surface area contributed by atoms with Crippen molar-refractivity contribution in [1.29, 1.82) is 0 Å². The normalized spacial score (nSPS) is 38.7. The first kappa shape index (κ1) is 8.14. The van der Waals surface area contributed by atoms with E-state index in [1.807, 2.05) is 0 Å². The highest BCUT2D eigenvalue weighted by Gasteiger charge is 2.30. The molecule has 3 nitrogen and oxygen atoms in total. The second-order valence-electron chi connectivity index (χ2n) is 3.19. The molecule has 2 fully saturated rings. The van der Waals surface area contributed by atoms with E-state index in [1.54, 1.807) is 0 Å². The zero-order valence-corrected chi connectivity index (χ0v) is 10.6. The minimum absolute atomic E-state index is 0.574. The highest BCUT2D eigenvalue weighted by molar-refractivity contribution is 6.62. The molecule has 2 aliphatic rings. The Kier molecular flexibility index (Phi) is 2.94. The molecular formula is C5H14O3Si3. The summed E-state index contributed by atoms with van der Waals surface area (Å²) in [5, 5.41) is 0. The van der Waals surface area contributed by atoms with Crippen LogP contribution in [0.5, 0.6) is 0 Å². The Balaban J connectivity index is 1.82. The van der Waals surface area contributed by atoms with Gasteiger partial charge in [-0.15, -0.1) is 0 Å². The molecule has 11 heavy (non-hydrogen) atoms. The van der Waals surface area contributed by atoms with Gasteiger partial charge in [0.2, 0.25) is 0 Å². The fraction of sp³-hybridized carbons (Fsp3) is 1.00. The van der Waals surface area contributed by atoms with Crippen LogP contribution in [0.2, 0.25) is 5.54 Å². The van der Waals surface area contributed by atoms with Crippen LogP contribution in [-0.2, 0) is 12.3 Å². The summed E-state index contributed by atoms with van der Waals surface area (Å²) in [6.45, 7) is 0. The van der Waals surface area contributed by atoms with Crippen molar-refractivity contribution in [3.8, 4) is 0 Å². The summed E-state index contributed by atoms with van der Waals surface area (Å²) < 4.78 is 16.5. The third-order valence-corrected chi connectivity index (χ3v) is 8.90. The van der Waals surface area contributed by atoms with Crippen LogP contribution in [0, 0.1) is 0 Å². The van der Waals surface area contributed by atoms with Gasteiger partial charge in [-0.3, -0.25) is 0 Å². The summed E-state index contributed by atoms with van der Waals surface area (Å²) in [4.78, 5) is 0. The molecule has 0 N–H and O–H groups in total. The average molecular weight is 206 g/mol. The molecule has 1 saturated heterocycles. The molecule has 1 saturated carbocycles. The van der Waals surface area contributed by atoms with Crippen LogP contribution in [0.25, 0.3) is 0 Å². The molecule has 1 heterocycles. The summed E-state index contributed by atoms with van der Waals surface area (Å²) in [6, 6.07) is 0. The molecule has 0 unspecified atom stereocenters. The molecule has 0 atom stereocenters. The smallest absolute Gasteiger partial charge is 0.306 e. The molecule has 6 heteroatoms. The minimum atomic E-state index is -1.18. The van der Waals surface area contributed by atoms with Gasteiger partial charge < -0.3 is 12.3 Å². The van der Waals surface area contributed by atoms with Gasteiger partial charge in [0, 0.05) is 0 Å². The van der Waals surface area contributed by atoms with Gasteiger partial charge in [-0.1, -0.05) is 12.8 Å². The Bertz CT molecular complexity index is 122. The van der Waals surface area contributed by atoms with Crippen LogP contribution in [0.3, 0.4) is 0 Å². The maximum Gasteiger partial charge on any atom is 0.306 e. The van der Waals surface area contributed by atoms with E-state index in [9.17, 15) is 0 Å². The molecule has 0 spiro atoms. The van der Waals surface area contributed by atoms with Gasteiger partial charge in [-0.2, -0.15) is 0 Å². The molecule has 0 aromatic carbocycles. The van der Waals surface area contributed by atoms with E-state index in [2.05, 4.69) is 0 Å². The summed E-state index contributed by atoms with van der Waals surface area (Å²) in [6.07, 6.45) is 5.51. The van der Waals surface area contributed by atoms with Crippen LogP contribution in [0.4, 0.5) is 0 Å². The number of hydrogen-bond donors (Lipinski definition) is 0. The monoisotopic (exact) mass is 206 g/mol. The Hall–Kier alpha value is 0.531. The molecule has 0 aromatic heterocycles. The first-order valence-electron chi connectivity index (χ1n) is 4.28. The van der Waals surface area contributed by atoms with E-state index in [-0.39, 0.29) is 0 Å². The SMILES string of the molecule is C1CCC([SiH]2O[SiH2]O[SiH2]O2)C1. The Morgan fingerprint density at radius 1 is 1.09 bits per heavy atom. The lowest BCUT2D eigenvalue weighted by Crippen LogP contribution is -2.38. The van der Waals surface area contributed by atoms with Gasteiger partial charge in [0.25, 0.3) is 20.0 Å². The quantitative estimate of drug-likeness (QED) is 0.527. The predicted octanol–water partition coefficient (Wildman–Crippen LogP) is -0.788. The van der Waals surface area contributed by atoms with Crippen molar-refractivity contribution < 1.29 is 12.3 Å². The Morgan fingerprint density at radius 3 is 2.36 bits per heavy atom. The van der Waals surface area contributed by atoms with E-state index in [0.717, 1.165) is 5.54 Å². The largest absolute Gasteiger partial charge is 0.425 e. The molecule has 0 amide bonds. The van der Waals surface area contributed by atoms with Crippen molar-refractivity contribution in [3.05, 3.63) is 0 Å². The van der Waals surface area contributed by atoms with E-state index >= 15 is 0 Å². The first-order chi connectivity index (χ1) is 5.47. The Morgan fingerprint density at radius 2 is 1.73 bits per heavy atom. The molecule has 0 radical (unpaired) electrons. The predicted molar refractivity (Wildman–Crippen MR) is 49.7 cm³/mol. The van der Waals surface area contributed by atoms with E-state index in [1.165, 1.54) is 25.7 Å². The number of rotatable bonds is 1. The molecule has 64 valence electrons. The molecule has 1 aliphatic heterocycles. The van der Waals surface area contributed by atoms with Gasteiger partial charge in [-0.25, -0.2) is 0 Å². The zero-order chi connectivity index (χ0) is 7.52. The van der Waals surface area contributed by atoms with Crippen molar-refractivity contribution in [3.63, 3.8) is 0 Å². The van der Waals surface area contributed by atoms with Crippen LogP contribution >= 0.6 is 0 Å². The second-order valence-corrected chi connectivity index (χ2v) is 9.64. The van der Waals surface area contributed by atoms with E-state index in [0.29, 0.717) is 0 Å². The first-order valence-corrected chi connectivity index (χ1v) is 8.19. The fourth-order valence-corrected chi connectivity index (χ4v) is 10.1. The molecule has 0 aromatic rings. The van der Waals surface area contributed by atoms with Crippen LogP contribution in [0.1, 0.15) is 25.7 Å². The maximum atomic E-state index is 5.63. The number of hydrogen-bond acceptors (Lipinski definition) is 3. The standard InChI is InChI=1S/C5H14O3Si3/c1-2-4-5(3-1)11-7-9-6-10-8-11/h5,11H,1-4,9-10H2. The maximum absolute atomic E-state index is 5.63. The molecule has 2 rings (SSSR count). The molecule has 0 bridgehead atoms. The lowest BCUT2D eigenvalue weighted by molar-refractivity contribution is 0.311. The lowest BCUT2D eigenvalue weighted by Gasteiger charge is -2.26. The third kappa shape index (κ3) is 2.01. The molecule has 1 aliphatic carbocycles. The summed E-state index contributed by atoms with van der Waals surface area (Å²) in [5.41, 5.74) is 0.832. The van der Waals surface area contributed by atoms with Gasteiger partial charge in [0.05, 0.1) is 0 Å². The summed E-state index contributed by atoms with van der Waals surface area (Å²) in [5.74, 6) is 0. The van der Waals surface area contributed by atoms with E-state index < -0.39 is 29.3 Å².